The molecule has 1 atom stereocenters. The smallest absolute Gasteiger partial charge is 0.123 e. The molecule has 3 N–H and O–H groups in total. The highest BCUT2D eigenvalue weighted by Gasteiger charge is 2.48. The Kier molecular flexibility index (Phi) is 3.69. The number of aromatic nitrogens is 6. The van der Waals surface area contributed by atoms with Crippen molar-refractivity contribution >= 4 is 0 Å². The Bertz CT molecular complexity index is 754. The third kappa shape index (κ3) is 2.61. The molecule has 0 aliphatic carbocycles. The maximum absolute atomic E-state index is 13.3. The van der Waals surface area contributed by atoms with Crippen LogP contribution in [-0.2, 0) is 17.4 Å². The van der Waals surface area contributed by atoms with Crippen LogP contribution in [0.4, 0.5) is 4.39 Å². The Morgan fingerprint density at radius 1 is 1.04 bits per heavy atom. The Morgan fingerprint density at radius 3 is 2.26 bits per heavy atom. The fourth-order valence-electron chi connectivity index (χ4n) is 2.70. The van der Waals surface area contributed by atoms with Gasteiger partial charge in [0, 0.05) is 11.8 Å². The van der Waals surface area contributed by atoms with E-state index < -0.39 is 11.0 Å². The summed E-state index contributed by atoms with van der Waals surface area (Å²) in [7, 11) is 0. The van der Waals surface area contributed by atoms with Crippen molar-refractivity contribution in [2.24, 2.45) is 0 Å². The first-order chi connectivity index (χ1) is 10.9. The molecule has 0 saturated heterocycles. The SMILES string of the molecule is CC(C)(c1cn[nH]n1)C(O)(Cc1cn[nH]n1)c1ccc(F)cc1. The standard InChI is InChI=1S/C15H17FN6O/c1-14(2,13-9-18-22-20-13)15(23,7-12-8-17-21-19-12)10-3-5-11(16)6-4-10/h3-6,8-9,23H,7H2,1-2H3,(H,17,19,21)(H,18,20,22). The number of halogens is 1. The first-order valence-corrected chi connectivity index (χ1v) is 7.13. The number of rotatable bonds is 5. The third-order valence-electron chi connectivity index (χ3n) is 4.31. The lowest BCUT2D eigenvalue weighted by Gasteiger charge is -2.41. The zero-order chi connectivity index (χ0) is 16.5. The number of aliphatic hydroxyl groups is 1. The Hall–Kier alpha value is -2.61. The molecule has 3 rings (SSSR count). The van der Waals surface area contributed by atoms with E-state index in [0.29, 0.717) is 17.0 Å². The number of benzene rings is 1. The highest BCUT2D eigenvalue weighted by atomic mass is 19.1. The second-order valence-corrected chi connectivity index (χ2v) is 5.99. The van der Waals surface area contributed by atoms with Gasteiger partial charge in [0.05, 0.1) is 23.8 Å². The highest BCUT2D eigenvalue weighted by molar-refractivity contribution is 5.32. The van der Waals surface area contributed by atoms with Gasteiger partial charge in [0.1, 0.15) is 11.4 Å². The second kappa shape index (κ2) is 5.54. The molecule has 0 amide bonds. The Labute approximate surface area is 132 Å². The molecule has 0 bridgehead atoms. The number of nitrogens with one attached hydrogen (secondary N) is 2. The van der Waals surface area contributed by atoms with Crippen LogP contribution in [0.5, 0.6) is 0 Å². The summed E-state index contributed by atoms with van der Waals surface area (Å²) in [5.41, 5.74) is -0.443. The molecule has 3 aromatic rings. The van der Waals surface area contributed by atoms with Crippen molar-refractivity contribution in [1.29, 1.82) is 0 Å². The van der Waals surface area contributed by atoms with Gasteiger partial charge in [-0.2, -0.15) is 30.8 Å². The summed E-state index contributed by atoms with van der Waals surface area (Å²) in [5, 5.41) is 32.4. The number of hydrogen-bond donors (Lipinski definition) is 3. The quantitative estimate of drug-likeness (QED) is 0.661. The zero-order valence-electron chi connectivity index (χ0n) is 12.8. The van der Waals surface area contributed by atoms with Crippen LogP contribution in [-0.4, -0.2) is 35.9 Å². The van der Waals surface area contributed by atoms with Crippen LogP contribution < -0.4 is 0 Å². The average molecular weight is 316 g/mol. The molecule has 7 nitrogen and oxygen atoms in total. The molecule has 1 unspecified atom stereocenters. The molecule has 1 aromatic carbocycles. The van der Waals surface area contributed by atoms with Gasteiger partial charge in [-0.25, -0.2) is 4.39 Å². The van der Waals surface area contributed by atoms with Crippen molar-refractivity contribution in [3.05, 3.63) is 59.4 Å². The minimum atomic E-state index is -1.38. The maximum Gasteiger partial charge on any atom is 0.123 e. The second-order valence-electron chi connectivity index (χ2n) is 5.99. The van der Waals surface area contributed by atoms with E-state index in [1.165, 1.54) is 12.1 Å². The van der Waals surface area contributed by atoms with Crippen molar-refractivity contribution in [2.45, 2.75) is 31.3 Å². The van der Waals surface area contributed by atoms with Gasteiger partial charge in [-0.3, -0.25) is 0 Å². The summed E-state index contributed by atoms with van der Waals surface area (Å²) >= 11 is 0. The number of nitrogens with zero attached hydrogens (tertiary/aromatic N) is 4. The lowest BCUT2D eigenvalue weighted by atomic mass is 9.67. The van der Waals surface area contributed by atoms with E-state index in [2.05, 4.69) is 30.8 Å². The molecule has 2 aromatic heterocycles. The topological polar surface area (TPSA) is 103 Å². The molecule has 0 aliphatic heterocycles. The predicted octanol–water partition coefficient (Wildman–Crippen LogP) is 1.47. The minimum absolute atomic E-state index is 0.189. The van der Waals surface area contributed by atoms with Crippen LogP contribution in [0.15, 0.2) is 36.7 Å². The lowest BCUT2D eigenvalue weighted by Crippen LogP contribution is -2.47. The number of H-pyrrole nitrogens is 2. The van der Waals surface area contributed by atoms with Gasteiger partial charge in [-0.1, -0.05) is 26.0 Å². The van der Waals surface area contributed by atoms with Gasteiger partial charge in [0.25, 0.3) is 0 Å². The molecule has 0 radical (unpaired) electrons. The number of aromatic amines is 2. The normalized spacial score (nSPS) is 14.6. The van der Waals surface area contributed by atoms with E-state index in [-0.39, 0.29) is 12.2 Å². The molecule has 0 fully saturated rings. The summed E-state index contributed by atoms with van der Waals surface area (Å²) in [6.45, 7) is 3.71. The summed E-state index contributed by atoms with van der Waals surface area (Å²) < 4.78 is 13.3. The van der Waals surface area contributed by atoms with Crippen LogP contribution in [0.2, 0.25) is 0 Å². The monoisotopic (exact) mass is 316 g/mol. The predicted molar refractivity (Wildman–Crippen MR) is 79.8 cm³/mol. The fourth-order valence-corrected chi connectivity index (χ4v) is 2.70. The molecule has 120 valence electrons. The maximum atomic E-state index is 13.3. The summed E-state index contributed by atoms with van der Waals surface area (Å²) in [4.78, 5) is 0. The van der Waals surface area contributed by atoms with Gasteiger partial charge in [0.15, 0.2) is 0 Å². The van der Waals surface area contributed by atoms with Gasteiger partial charge < -0.3 is 5.11 Å². The van der Waals surface area contributed by atoms with Crippen LogP contribution in [0.1, 0.15) is 30.8 Å². The summed E-state index contributed by atoms with van der Waals surface area (Å²) in [6, 6.07) is 5.78. The van der Waals surface area contributed by atoms with Crippen LogP contribution >= 0.6 is 0 Å². The van der Waals surface area contributed by atoms with E-state index >= 15 is 0 Å². The lowest BCUT2D eigenvalue weighted by molar-refractivity contribution is -0.0344. The van der Waals surface area contributed by atoms with Gasteiger partial charge in [0.2, 0.25) is 0 Å². The van der Waals surface area contributed by atoms with Crippen LogP contribution in [0, 0.1) is 5.82 Å². The van der Waals surface area contributed by atoms with E-state index in [9.17, 15) is 9.50 Å². The van der Waals surface area contributed by atoms with Gasteiger partial charge in [-0.15, -0.1) is 0 Å². The summed E-state index contributed by atoms with van der Waals surface area (Å²) in [5.74, 6) is -0.364. The van der Waals surface area contributed by atoms with Crippen molar-refractivity contribution in [2.75, 3.05) is 0 Å². The largest absolute Gasteiger partial charge is 0.384 e. The third-order valence-corrected chi connectivity index (χ3v) is 4.31. The van der Waals surface area contributed by atoms with Crippen molar-refractivity contribution in [3.63, 3.8) is 0 Å². The number of hydrogen-bond acceptors (Lipinski definition) is 5. The Balaban J connectivity index is 2.11. The zero-order valence-corrected chi connectivity index (χ0v) is 12.8. The van der Waals surface area contributed by atoms with Crippen molar-refractivity contribution < 1.29 is 9.50 Å². The molecule has 0 saturated carbocycles. The molecular weight excluding hydrogens is 299 g/mol. The van der Waals surface area contributed by atoms with E-state index in [0.717, 1.165) is 0 Å². The van der Waals surface area contributed by atoms with Crippen LogP contribution in [0.3, 0.4) is 0 Å². The van der Waals surface area contributed by atoms with E-state index in [1.807, 2.05) is 13.8 Å². The molecular formula is C15H17FN6O. The first kappa shape index (κ1) is 15.3. The summed E-state index contributed by atoms with van der Waals surface area (Å²) in [6.07, 6.45) is 3.31. The minimum Gasteiger partial charge on any atom is -0.384 e. The van der Waals surface area contributed by atoms with Crippen molar-refractivity contribution in [1.82, 2.24) is 30.8 Å². The Morgan fingerprint density at radius 2 is 1.70 bits per heavy atom. The molecule has 0 spiro atoms. The molecule has 0 aliphatic rings. The average Bonchev–Trinajstić information content (AvgIpc) is 3.21. The van der Waals surface area contributed by atoms with Crippen LogP contribution in [0.25, 0.3) is 0 Å². The molecule has 2 heterocycles. The van der Waals surface area contributed by atoms with Crippen molar-refractivity contribution in [3.8, 4) is 0 Å². The highest BCUT2D eigenvalue weighted by Crippen LogP contribution is 2.43. The molecule has 8 heteroatoms. The van der Waals surface area contributed by atoms with E-state index in [4.69, 9.17) is 0 Å². The first-order valence-electron chi connectivity index (χ1n) is 7.13. The van der Waals surface area contributed by atoms with Gasteiger partial charge >= 0.3 is 0 Å². The molecule has 23 heavy (non-hydrogen) atoms. The fraction of sp³-hybridized carbons (Fsp3) is 0.333. The van der Waals surface area contributed by atoms with Gasteiger partial charge in [-0.05, 0) is 17.7 Å². The van der Waals surface area contributed by atoms with E-state index in [1.54, 1.807) is 24.5 Å².